The molecule has 0 aliphatic carbocycles. The summed E-state index contributed by atoms with van der Waals surface area (Å²) in [5.74, 6) is -0.608. The number of halogens is 1. The number of carbonyl (C=O) groups is 1. The van der Waals surface area contributed by atoms with Gasteiger partial charge in [-0.05, 0) is 36.8 Å². The van der Waals surface area contributed by atoms with Gasteiger partial charge >= 0.3 is 5.97 Å². The zero-order chi connectivity index (χ0) is 21.4. The molecule has 1 atom stereocenters. The number of aryl methyl sites for hydroxylation is 1. The topological polar surface area (TPSA) is 96.7 Å². The van der Waals surface area contributed by atoms with Crippen molar-refractivity contribution in [3.05, 3.63) is 98.1 Å². The molecule has 1 aromatic carbocycles. The highest BCUT2D eigenvalue weighted by Gasteiger charge is 2.38. The van der Waals surface area contributed by atoms with Crippen LogP contribution in [0.15, 0.2) is 69.4 Å². The molecular formula is C22H19ClN2O5. The number of fused-ring (bicyclic) bond motifs is 1. The summed E-state index contributed by atoms with van der Waals surface area (Å²) < 4.78 is 17.6. The zero-order valence-electron chi connectivity index (χ0n) is 16.3. The Morgan fingerprint density at radius 3 is 2.63 bits per heavy atom. The fraction of sp³-hybridized carbons (Fsp3) is 0.182. The van der Waals surface area contributed by atoms with Crippen molar-refractivity contribution >= 4 is 17.6 Å². The smallest absolute Gasteiger partial charge is 0.340 e. The number of hydrogen-bond acceptors (Lipinski definition) is 6. The highest BCUT2D eigenvalue weighted by Crippen LogP contribution is 2.41. The van der Waals surface area contributed by atoms with Crippen molar-refractivity contribution in [3.63, 3.8) is 0 Å². The zero-order valence-corrected chi connectivity index (χ0v) is 17.1. The summed E-state index contributed by atoms with van der Waals surface area (Å²) in [7, 11) is 1.25. The van der Waals surface area contributed by atoms with Crippen LogP contribution in [0.25, 0.3) is 0 Å². The third-order valence-electron chi connectivity index (χ3n) is 5.07. The molecule has 2 aromatic heterocycles. The molecule has 0 bridgehead atoms. The van der Waals surface area contributed by atoms with Crippen molar-refractivity contribution in [1.82, 2.24) is 4.57 Å². The van der Waals surface area contributed by atoms with Crippen LogP contribution < -0.4 is 16.0 Å². The number of rotatable bonds is 4. The van der Waals surface area contributed by atoms with E-state index in [1.54, 1.807) is 60.2 Å². The summed E-state index contributed by atoms with van der Waals surface area (Å²) in [6.45, 7) is 2.03. The molecule has 0 radical (unpaired) electrons. The van der Waals surface area contributed by atoms with Crippen molar-refractivity contribution in [3.8, 4) is 5.75 Å². The summed E-state index contributed by atoms with van der Waals surface area (Å²) in [6.07, 6.45) is 1.55. The Labute approximate surface area is 177 Å². The van der Waals surface area contributed by atoms with Crippen molar-refractivity contribution in [2.45, 2.75) is 19.4 Å². The first-order chi connectivity index (χ1) is 14.4. The van der Waals surface area contributed by atoms with Gasteiger partial charge in [0.05, 0.1) is 31.4 Å². The van der Waals surface area contributed by atoms with Crippen LogP contribution in [-0.4, -0.2) is 17.6 Å². The fourth-order valence-electron chi connectivity index (χ4n) is 3.64. The van der Waals surface area contributed by atoms with Crippen LogP contribution in [0.3, 0.4) is 0 Å². The Morgan fingerprint density at radius 1 is 1.27 bits per heavy atom. The number of aromatic nitrogens is 1. The SMILES string of the molecule is COC(=O)C1=C(N)Oc2cc(C)n(Cc3ccco3)c(=O)c2[C@H]1c1ccc(Cl)cc1. The van der Waals surface area contributed by atoms with E-state index in [2.05, 4.69) is 0 Å². The number of nitrogens with two attached hydrogens (primary N) is 1. The van der Waals surface area contributed by atoms with Crippen LogP contribution >= 0.6 is 11.6 Å². The van der Waals surface area contributed by atoms with Gasteiger partial charge in [-0.25, -0.2) is 4.79 Å². The molecule has 2 N–H and O–H groups in total. The third-order valence-corrected chi connectivity index (χ3v) is 5.32. The maximum Gasteiger partial charge on any atom is 0.340 e. The maximum absolute atomic E-state index is 13.6. The Kier molecular flexibility index (Phi) is 5.13. The molecule has 0 fully saturated rings. The average Bonchev–Trinajstić information content (AvgIpc) is 3.23. The van der Waals surface area contributed by atoms with Crippen LogP contribution in [0.2, 0.25) is 5.02 Å². The quantitative estimate of drug-likeness (QED) is 0.643. The number of benzene rings is 1. The minimum absolute atomic E-state index is 0.0674. The second-order valence-electron chi connectivity index (χ2n) is 6.89. The van der Waals surface area contributed by atoms with Crippen molar-refractivity contribution in [2.75, 3.05) is 7.11 Å². The van der Waals surface area contributed by atoms with E-state index in [1.807, 2.05) is 0 Å². The number of esters is 1. The van der Waals surface area contributed by atoms with E-state index in [9.17, 15) is 9.59 Å². The van der Waals surface area contributed by atoms with E-state index < -0.39 is 11.9 Å². The maximum atomic E-state index is 13.6. The first kappa shape index (κ1) is 19.8. The molecule has 8 heteroatoms. The number of nitrogens with zero attached hydrogens (tertiary/aromatic N) is 1. The Bertz CT molecular complexity index is 1190. The number of furan rings is 1. The van der Waals surface area contributed by atoms with E-state index in [4.69, 9.17) is 31.2 Å². The monoisotopic (exact) mass is 426 g/mol. The van der Waals surface area contributed by atoms with Crippen LogP contribution in [0, 0.1) is 6.92 Å². The number of hydrogen-bond donors (Lipinski definition) is 1. The molecule has 154 valence electrons. The third kappa shape index (κ3) is 3.37. The Hall–Kier alpha value is -3.45. The fourth-order valence-corrected chi connectivity index (χ4v) is 3.76. The second kappa shape index (κ2) is 7.76. The van der Waals surface area contributed by atoms with E-state index in [0.717, 1.165) is 0 Å². The van der Waals surface area contributed by atoms with Gasteiger partial charge in [-0.15, -0.1) is 0 Å². The minimum atomic E-state index is -0.769. The molecule has 0 saturated heterocycles. The van der Waals surface area contributed by atoms with Crippen LogP contribution in [0.1, 0.15) is 28.5 Å². The van der Waals surface area contributed by atoms with Gasteiger partial charge in [0.2, 0.25) is 5.88 Å². The van der Waals surface area contributed by atoms with Gasteiger partial charge in [0.25, 0.3) is 5.56 Å². The predicted octanol–water partition coefficient (Wildman–Crippen LogP) is 3.32. The molecule has 3 heterocycles. The summed E-state index contributed by atoms with van der Waals surface area (Å²) in [4.78, 5) is 26.1. The molecule has 1 aliphatic heterocycles. The van der Waals surface area contributed by atoms with Gasteiger partial charge in [0.1, 0.15) is 17.1 Å². The molecule has 3 aromatic rings. The van der Waals surface area contributed by atoms with Crippen molar-refractivity contribution < 1.29 is 18.7 Å². The largest absolute Gasteiger partial charge is 0.467 e. The van der Waals surface area contributed by atoms with Gasteiger partial charge in [-0.2, -0.15) is 0 Å². The molecule has 0 spiro atoms. The van der Waals surface area contributed by atoms with E-state index in [0.29, 0.717) is 33.4 Å². The lowest BCUT2D eigenvalue weighted by molar-refractivity contribution is -0.136. The molecule has 0 saturated carbocycles. The predicted molar refractivity (Wildman–Crippen MR) is 110 cm³/mol. The van der Waals surface area contributed by atoms with Gasteiger partial charge in [0, 0.05) is 16.8 Å². The summed E-state index contributed by atoms with van der Waals surface area (Å²) >= 11 is 6.03. The van der Waals surface area contributed by atoms with Gasteiger partial charge in [-0.1, -0.05) is 23.7 Å². The van der Waals surface area contributed by atoms with Crippen molar-refractivity contribution in [2.24, 2.45) is 5.73 Å². The lowest BCUT2D eigenvalue weighted by Gasteiger charge is -2.28. The number of carbonyl (C=O) groups excluding carboxylic acids is 1. The lowest BCUT2D eigenvalue weighted by atomic mass is 9.83. The molecule has 30 heavy (non-hydrogen) atoms. The second-order valence-corrected chi connectivity index (χ2v) is 7.33. The van der Waals surface area contributed by atoms with E-state index in [-0.39, 0.29) is 23.6 Å². The highest BCUT2D eigenvalue weighted by atomic mass is 35.5. The molecule has 0 amide bonds. The molecule has 7 nitrogen and oxygen atoms in total. The van der Waals surface area contributed by atoms with Crippen molar-refractivity contribution in [1.29, 1.82) is 0 Å². The molecular weight excluding hydrogens is 408 g/mol. The lowest BCUT2D eigenvalue weighted by Crippen LogP contribution is -2.35. The van der Waals surface area contributed by atoms with Crippen LogP contribution in [0.5, 0.6) is 5.75 Å². The summed E-state index contributed by atoms with van der Waals surface area (Å²) in [6, 6.07) is 12.1. The normalized spacial score (nSPS) is 15.5. The Balaban J connectivity index is 1.95. The standard InChI is InChI=1S/C22H19ClN2O5/c1-12-10-16-18(21(26)25(12)11-15-4-3-9-29-15)17(13-5-7-14(23)8-6-13)19(20(24)30-16)22(27)28-2/h3-10,17H,11,24H2,1-2H3/t17-/m1/s1. The number of pyridine rings is 1. The van der Waals surface area contributed by atoms with E-state index in [1.165, 1.54) is 7.11 Å². The minimum Gasteiger partial charge on any atom is -0.467 e. The molecule has 0 unspecified atom stereocenters. The van der Waals surface area contributed by atoms with Gasteiger partial charge < -0.3 is 24.2 Å². The average molecular weight is 427 g/mol. The number of ether oxygens (including phenoxy) is 2. The molecule has 1 aliphatic rings. The van der Waals surface area contributed by atoms with E-state index >= 15 is 0 Å². The van der Waals surface area contributed by atoms with Crippen LogP contribution in [-0.2, 0) is 16.1 Å². The summed E-state index contributed by atoms with van der Waals surface area (Å²) in [5, 5.41) is 0.529. The Morgan fingerprint density at radius 2 is 2.00 bits per heavy atom. The highest BCUT2D eigenvalue weighted by molar-refractivity contribution is 6.30. The first-order valence-corrected chi connectivity index (χ1v) is 9.56. The molecule has 4 rings (SSSR count). The van der Waals surface area contributed by atoms with Gasteiger partial charge in [-0.3, -0.25) is 4.79 Å². The van der Waals surface area contributed by atoms with Crippen LogP contribution in [0.4, 0.5) is 0 Å². The number of methoxy groups -OCH3 is 1. The van der Waals surface area contributed by atoms with Gasteiger partial charge in [0.15, 0.2) is 0 Å². The first-order valence-electron chi connectivity index (χ1n) is 9.18. The summed E-state index contributed by atoms with van der Waals surface area (Å²) in [5.41, 5.74) is 7.47.